The van der Waals surface area contributed by atoms with E-state index in [1.807, 2.05) is 6.92 Å². The smallest absolute Gasteiger partial charge is 0.242 e. The maximum atomic E-state index is 11.3. The third-order valence-corrected chi connectivity index (χ3v) is 1.69. The van der Waals surface area contributed by atoms with Crippen LogP contribution in [0.4, 0.5) is 0 Å². The van der Waals surface area contributed by atoms with Crippen molar-refractivity contribution in [3.05, 3.63) is 24.0 Å². The second-order valence-electron chi connectivity index (χ2n) is 3.35. The Morgan fingerprint density at radius 1 is 1.73 bits per heavy atom. The van der Waals surface area contributed by atoms with Crippen molar-refractivity contribution < 1.29 is 4.79 Å². The first kappa shape index (κ1) is 11.4. The van der Waals surface area contributed by atoms with Crippen LogP contribution in [0.15, 0.2) is 18.3 Å². The molecule has 0 aliphatic carbocycles. The van der Waals surface area contributed by atoms with Crippen molar-refractivity contribution in [2.24, 2.45) is 5.73 Å². The van der Waals surface area contributed by atoms with E-state index in [0.29, 0.717) is 18.8 Å². The standard InChI is InChI=1S/C9H15N5O/c1-7(2)4-11-9(15)6-14-5-8(3-10)12-13-14/h5H,1,3-4,6,10H2,2H3,(H,11,15). The first-order valence-corrected chi connectivity index (χ1v) is 4.62. The number of rotatable bonds is 5. The highest BCUT2D eigenvalue weighted by Gasteiger charge is 2.04. The Kier molecular flexibility index (Phi) is 3.99. The summed E-state index contributed by atoms with van der Waals surface area (Å²) in [5, 5.41) is 10.2. The fourth-order valence-electron chi connectivity index (χ4n) is 0.962. The van der Waals surface area contributed by atoms with E-state index in [2.05, 4.69) is 22.2 Å². The van der Waals surface area contributed by atoms with Crippen molar-refractivity contribution in [2.75, 3.05) is 6.54 Å². The molecule has 0 saturated carbocycles. The Balaban J connectivity index is 2.40. The molecule has 1 aromatic rings. The van der Waals surface area contributed by atoms with Crippen LogP contribution in [0.3, 0.4) is 0 Å². The molecule has 1 rings (SSSR count). The van der Waals surface area contributed by atoms with Crippen LogP contribution >= 0.6 is 0 Å². The fraction of sp³-hybridized carbons (Fsp3) is 0.444. The van der Waals surface area contributed by atoms with Gasteiger partial charge in [0.15, 0.2) is 0 Å². The van der Waals surface area contributed by atoms with E-state index >= 15 is 0 Å². The van der Waals surface area contributed by atoms with E-state index in [9.17, 15) is 4.79 Å². The number of hydrogen-bond acceptors (Lipinski definition) is 4. The second-order valence-corrected chi connectivity index (χ2v) is 3.35. The first-order valence-electron chi connectivity index (χ1n) is 4.62. The van der Waals surface area contributed by atoms with E-state index in [0.717, 1.165) is 5.57 Å². The van der Waals surface area contributed by atoms with Crippen molar-refractivity contribution in [3.8, 4) is 0 Å². The molecule has 1 aromatic heterocycles. The molecule has 82 valence electrons. The molecule has 0 fully saturated rings. The lowest BCUT2D eigenvalue weighted by atomic mass is 10.3. The zero-order valence-corrected chi connectivity index (χ0v) is 8.73. The quantitative estimate of drug-likeness (QED) is 0.636. The first-order chi connectivity index (χ1) is 7.11. The zero-order chi connectivity index (χ0) is 11.3. The van der Waals surface area contributed by atoms with E-state index in [-0.39, 0.29) is 12.5 Å². The molecular formula is C9H15N5O. The summed E-state index contributed by atoms with van der Waals surface area (Å²) in [4.78, 5) is 11.3. The van der Waals surface area contributed by atoms with Gasteiger partial charge in [0.1, 0.15) is 6.54 Å². The molecule has 0 radical (unpaired) electrons. The Hall–Kier alpha value is -1.69. The van der Waals surface area contributed by atoms with E-state index in [1.54, 1.807) is 6.20 Å². The van der Waals surface area contributed by atoms with Gasteiger partial charge in [-0.05, 0) is 6.92 Å². The molecule has 0 unspecified atom stereocenters. The molecule has 0 bridgehead atoms. The minimum absolute atomic E-state index is 0.119. The van der Waals surface area contributed by atoms with Crippen molar-refractivity contribution in [1.82, 2.24) is 20.3 Å². The Morgan fingerprint density at radius 2 is 2.47 bits per heavy atom. The van der Waals surface area contributed by atoms with Crippen LogP contribution in [0.1, 0.15) is 12.6 Å². The topological polar surface area (TPSA) is 85.8 Å². The van der Waals surface area contributed by atoms with Crippen LogP contribution in [0.5, 0.6) is 0 Å². The highest BCUT2D eigenvalue weighted by molar-refractivity contribution is 5.75. The number of hydrogen-bond donors (Lipinski definition) is 2. The predicted molar refractivity (Wildman–Crippen MR) is 55.7 cm³/mol. The summed E-state index contributed by atoms with van der Waals surface area (Å²) < 4.78 is 1.45. The molecule has 1 heterocycles. The highest BCUT2D eigenvalue weighted by atomic mass is 16.2. The molecule has 15 heavy (non-hydrogen) atoms. The summed E-state index contributed by atoms with van der Waals surface area (Å²) in [7, 11) is 0. The molecule has 6 heteroatoms. The van der Waals surface area contributed by atoms with Gasteiger partial charge < -0.3 is 11.1 Å². The highest BCUT2D eigenvalue weighted by Crippen LogP contribution is 1.91. The lowest BCUT2D eigenvalue weighted by Crippen LogP contribution is -2.28. The average Bonchev–Trinajstić information content (AvgIpc) is 2.62. The van der Waals surface area contributed by atoms with Gasteiger partial charge in [-0.3, -0.25) is 4.79 Å². The van der Waals surface area contributed by atoms with Crippen molar-refractivity contribution in [2.45, 2.75) is 20.0 Å². The van der Waals surface area contributed by atoms with Gasteiger partial charge in [-0.1, -0.05) is 17.4 Å². The summed E-state index contributed by atoms with van der Waals surface area (Å²) >= 11 is 0. The number of amides is 1. The van der Waals surface area contributed by atoms with Gasteiger partial charge in [0, 0.05) is 13.1 Å². The number of nitrogens with zero attached hydrogens (tertiary/aromatic N) is 3. The zero-order valence-electron chi connectivity index (χ0n) is 8.73. The summed E-state index contributed by atoms with van der Waals surface area (Å²) in [6.07, 6.45) is 1.65. The predicted octanol–water partition coefficient (Wildman–Crippen LogP) is -0.571. The maximum Gasteiger partial charge on any atom is 0.242 e. The molecule has 1 amide bonds. The Morgan fingerprint density at radius 3 is 3.00 bits per heavy atom. The minimum Gasteiger partial charge on any atom is -0.351 e. The molecule has 3 N–H and O–H groups in total. The number of nitrogens with two attached hydrogens (primary N) is 1. The molecule has 0 saturated heterocycles. The van der Waals surface area contributed by atoms with Gasteiger partial charge in [0.05, 0.1) is 11.9 Å². The van der Waals surface area contributed by atoms with Crippen LogP contribution in [0.25, 0.3) is 0 Å². The van der Waals surface area contributed by atoms with Gasteiger partial charge in [-0.25, -0.2) is 4.68 Å². The summed E-state index contributed by atoms with van der Waals surface area (Å²) in [5.74, 6) is -0.119. The average molecular weight is 209 g/mol. The Bertz CT molecular complexity index is 357. The van der Waals surface area contributed by atoms with Gasteiger partial charge in [-0.2, -0.15) is 0 Å². The lowest BCUT2D eigenvalue weighted by Gasteiger charge is -2.03. The molecular weight excluding hydrogens is 194 g/mol. The molecule has 0 aliphatic heterocycles. The number of aromatic nitrogens is 3. The Labute approximate surface area is 88.1 Å². The largest absolute Gasteiger partial charge is 0.351 e. The summed E-state index contributed by atoms with van der Waals surface area (Å²) in [5.41, 5.74) is 6.94. The number of carbonyl (C=O) groups is 1. The van der Waals surface area contributed by atoms with Crippen LogP contribution in [0.2, 0.25) is 0 Å². The van der Waals surface area contributed by atoms with E-state index in [1.165, 1.54) is 4.68 Å². The SMILES string of the molecule is C=C(C)CNC(=O)Cn1cc(CN)nn1. The van der Waals surface area contributed by atoms with Gasteiger partial charge in [0.25, 0.3) is 0 Å². The lowest BCUT2D eigenvalue weighted by molar-refractivity contribution is -0.121. The molecule has 0 aromatic carbocycles. The molecule has 0 spiro atoms. The van der Waals surface area contributed by atoms with Crippen LogP contribution in [0, 0.1) is 0 Å². The monoisotopic (exact) mass is 209 g/mol. The third kappa shape index (κ3) is 3.90. The molecule has 6 nitrogen and oxygen atoms in total. The van der Waals surface area contributed by atoms with Crippen molar-refractivity contribution >= 4 is 5.91 Å². The fourth-order valence-corrected chi connectivity index (χ4v) is 0.962. The van der Waals surface area contributed by atoms with Gasteiger partial charge in [-0.15, -0.1) is 5.10 Å². The molecule has 0 atom stereocenters. The van der Waals surface area contributed by atoms with Crippen LogP contribution < -0.4 is 11.1 Å². The third-order valence-electron chi connectivity index (χ3n) is 1.69. The number of nitrogens with one attached hydrogen (secondary N) is 1. The van der Waals surface area contributed by atoms with Crippen molar-refractivity contribution in [3.63, 3.8) is 0 Å². The van der Waals surface area contributed by atoms with E-state index < -0.39 is 0 Å². The maximum absolute atomic E-state index is 11.3. The number of carbonyl (C=O) groups excluding carboxylic acids is 1. The van der Waals surface area contributed by atoms with Crippen LogP contribution in [-0.2, 0) is 17.9 Å². The van der Waals surface area contributed by atoms with Crippen molar-refractivity contribution in [1.29, 1.82) is 0 Å². The summed E-state index contributed by atoms with van der Waals surface area (Å²) in [6, 6.07) is 0. The second kappa shape index (κ2) is 5.26. The van der Waals surface area contributed by atoms with Gasteiger partial charge >= 0.3 is 0 Å². The van der Waals surface area contributed by atoms with Crippen LogP contribution in [-0.4, -0.2) is 27.4 Å². The summed E-state index contributed by atoms with van der Waals surface area (Å²) in [6.45, 7) is 6.50. The minimum atomic E-state index is -0.119. The van der Waals surface area contributed by atoms with E-state index in [4.69, 9.17) is 5.73 Å². The van der Waals surface area contributed by atoms with Gasteiger partial charge in [0.2, 0.25) is 5.91 Å². The molecule has 0 aliphatic rings. The normalized spacial score (nSPS) is 10.0.